The van der Waals surface area contributed by atoms with Crippen LogP contribution in [0.2, 0.25) is 0 Å². The number of esters is 1. The predicted octanol–water partition coefficient (Wildman–Crippen LogP) is 5.39. The first-order valence-electron chi connectivity index (χ1n) is 12.3. The molecule has 4 aromatic rings. The third-order valence-electron chi connectivity index (χ3n) is 6.83. The zero-order valence-electron chi connectivity index (χ0n) is 21.5. The van der Waals surface area contributed by atoms with E-state index in [1.54, 1.807) is 6.07 Å². The first-order valence-corrected chi connectivity index (χ1v) is 12.3. The molecule has 0 amide bonds. The molecule has 2 aromatic carbocycles. The van der Waals surface area contributed by atoms with Crippen LogP contribution < -0.4 is 9.47 Å². The van der Waals surface area contributed by atoms with Crippen LogP contribution in [0.3, 0.4) is 0 Å². The van der Waals surface area contributed by atoms with Crippen LogP contribution in [0.25, 0.3) is 5.69 Å². The Bertz CT molecular complexity index is 1460. The third-order valence-corrected chi connectivity index (χ3v) is 6.83. The van der Waals surface area contributed by atoms with Crippen LogP contribution in [0.5, 0.6) is 11.5 Å². The van der Waals surface area contributed by atoms with E-state index in [-0.39, 0.29) is 18.5 Å². The first-order chi connectivity index (χ1) is 17.8. The van der Waals surface area contributed by atoms with Gasteiger partial charge in [-0.25, -0.2) is 4.79 Å². The second-order valence-corrected chi connectivity index (χ2v) is 9.35. The molecule has 0 N–H and O–H groups in total. The van der Waals surface area contributed by atoms with Crippen LogP contribution in [0.1, 0.15) is 43.5 Å². The average molecular weight is 499 g/mol. The Morgan fingerprint density at radius 3 is 2.30 bits per heavy atom. The SMILES string of the molecule is Cc1cc(C(=O)COC(=O)c2cc(C)n(-c3ccccc3)c2C)c(C)n1CC1COc2ccccc2O1. The lowest BCUT2D eigenvalue weighted by atomic mass is 10.1. The van der Waals surface area contributed by atoms with Crippen molar-refractivity contribution in [3.05, 3.63) is 101 Å². The quantitative estimate of drug-likeness (QED) is 0.252. The second-order valence-electron chi connectivity index (χ2n) is 9.35. The summed E-state index contributed by atoms with van der Waals surface area (Å²) in [4.78, 5) is 25.9. The summed E-state index contributed by atoms with van der Waals surface area (Å²) < 4.78 is 21.4. The molecule has 1 unspecified atom stereocenters. The number of rotatable bonds is 7. The Morgan fingerprint density at radius 2 is 1.54 bits per heavy atom. The summed E-state index contributed by atoms with van der Waals surface area (Å²) in [7, 11) is 0. The molecule has 5 rings (SSSR count). The average Bonchev–Trinajstić information content (AvgIpc) is 3.37. The van der Waals surface area contributed by atoms with E-state index in [0.717, 1.165) is 40.0 Å². The standard InChI is InChI=1S/C30H30N2O5/c1-19-14-25(21(3)31(19)16-24-17-35-28-12-8-9-13-29(28)37-24)27(33)18-36-30(34)26-15-20(2)32(22(26)4)23-10-6-5-7-11-23/h5-15,24H,16-18H2,1-4H3. The maximum atomic E-state index is 13.0. The van der Waals surface area contributed by atoms with Crippen molar-refractivity contribution in [2.24, 2.45) is 0 Å². The lowest BCUT2D eigenvalue weighted by molar-refractivity contribution is 0.0473. The van der Waals surface area contributed by atoms with E-state index in [1.807, 2.05) is 97.5 Å². The van der Waals surface area contributed by atoms with Gasteiger partial charge in [-0.05, 0) is 64.1 Å². The number of hydrogen-bond donors (Lipinski definition) is 0. The van der Waals surface area contributed by atoms with Crippen LogP contribution in [-0.4, -0.2) is 40.2 Å². The minimum absolute atomic E-state index is 0.180. The highest BCUT2D eigenvalue weighted by atomic mass is 16.6. The van der Waals surface area contributed by atoms with Gasteiger partial charge in [-0.3, -0.25) is 4.79 Å². The fraction of sp³-hybridized carbons (Fsp3) is 0.267. The van der Waals surface area contributed by atoms with Gasteiger partial charge in [-0.15, -0.1) is 0 Å². The van der Waals surface area contributed by atoms with Gasteiger partial charge in [0.25, 0.3) is 0 Å². The minimum Gasteiger partial charge on any atom is -0.486 e. The molecule has 0 aliphatic carbocycles. The molecular weight excluding hydrogens is 468 g/mol. The van der Waals surface area contributed by atoms with Crippen LogP contribution in [0.15, 0.2) is 66.7 Å². The molecule has 1 aliphatic heterocycles. The summed E-state index contributed by atoms with van der Waals surface area (Å²) in [5.41, 5.74) is 5.39. The van der Waals surface area contributed by atoms with E-state index in [4.69, 9.17) is 14.2 Å². The smallest absolute Gasteiger partial charge is 0.340 e. The highest BCUT2D eigenvalue weighted by molar-refractivity contribution is 6.00. The van der Waals surface area contributed by atoms with Gasteiger partial charge in [0.2, 0.25) is 5.78 Å². The summed E-state index contributed by atoms with van der Waals surface area (Å²) in [6.07, 6.45) is -0.180. The number of nitrogens with zero attached hydrogens (tertiary/aromatic N) is 2. The van der Waals surface area contributed by atoms with Crippen molar-refractivity contribution in [1.29, 1.82) is 0 Å². The molecule has 0 saturated carbocycles. The van der Waals surface area contributed by atoms with Crippen molar-refractivity contribution >= 4 is 11.8 Å². The number of carbonyl (C=O) groups is 2. The highest BCUT2D eigenvalue weighted by Gasteiger charge is 2.25. The monoisotopic (exact) mass is 498 g/mol. The normalized spacial score (nSPS) is 14.4. The van der Waals surface area contributed by atoms with Gasteiger partial charge in [0.1, 0.15) is 6.61 Å². The van der Waals surface area contributed by atoms with Gasteiger partial charge >= 0.3 is 5.97 Å². The highest BCUT2D eigenvalue weighted by Crippen LogP contribution is 2.31. The Hall–Kier alpha value is -4.26. The maximum absolute atomic E-state index is 13.0. The van der Waals surface area contributed by atoms with Crippen LogP contribution in [0.4, 0.5) is 0 Å². The van der Waals surface area contributed by atoms with Crippen molar-refractivity contribution in [2.45, 2.75) is 40.3 Å². The molecule has 0 spiro atoms. The molecule has 0 radical (unpaired) electrons. The minimum atomic E-state index is -0.510. The topological polar surface area (TPSA) is 71.7 Å². The Balaban J connectivity index is 1.26. The summed E-state index contributed by atoms with van der Waals surface area (Å²) in [6, 6.07) is 21.0. The molecule has 7 nitrogen and oxygen atoms in total. The summed E-state index contributed by atoms with van der Waals surface area (Å²) >= 11 is 0. The van der Waals surface area contributed by atoms with Gasteiger partial charge in [-0.1, -0.05) is 30.3 Å². The summed E-state index contributed by atoms with van der Waals surface area (Å²) in [5, 5.41) is 0. The van der Waals surface area contributed by atoms with E-state index in [2.05, 4.69) is 0 Å². The van der Waals surface area contributed by atoms with Gasteiger partial charge in [0, 0.05) is 34.0 Å². The van der Waals surface area contributed by atoms with Crippen LogP contribution in [0, 0.1) is 27.7 Å². The molecule has 37 heavy (non-hydrogen) atoms. The first kappa shape index (κ1) is 24.4. The maximum Gasteiger partial charge on any atom is 0.340 e. The molecule has 190 valence electrons. The van der Waals surface area contributed by atoms with Gasteiger partial charge in [0.05, 0.1) is 12.1 Å². The number of fused-ring (bicyclic) bond motifs is 1. The summed E-state index contributed by atoms with van der Waals surface area (Å²) in [6.45, 7) is 8.31. The number of para-hydroxylation sites is 3. The molecule has 1 aliphatic rings. The van der Waals surface area contributed by atoms with Crippen molar-refractivity contribution in [2.75, 3.05) is 13.2 Å². The number of benzene rings is 2. The van der Waals surface area contributed by atoms with Gasteiger partial charge in [0.15, 0.2) is 24.2 Å². The van der Waals surface area contributed by atoms with Crippen LogP contribution in [-0.2, 0) is 11.3 Å². The number of hydrogen-bond acceptors (Lipinski definition) is 5. The molecule has 2 aromatic heterocycles. The molecule has 3 heterocycles. The molecule has 0 fully saturated rings. The van der Waals surface area contributed by atoms with Crippen LogP contribution >= 0.6 is 0 Å². The number of aromatic nitrogens is 2. The van der Waals surface area contributed by atoms with Gasteiger partial charge in [-0.2, -0.15) is 0 Å². The van der Waals surface area contributed by atoms with E-state index >= 15 is 0 Å². The summed E-state index contributed by atoms with van der Waals surface area (Å²) in [5.74, 6) is 0.706. The predicted molar refractivity (Wildman–Crippen MR) is 140 cm³/mol. The molecule has 1 atom stereocenters. The molecule has 7 heteroatoms. The van der Waals surface area contributed by atoms with E-state index in [1.165, 1.54) is 0 Å². The zero-order chi connectivity index (χ0) is 26.1. The zero-order valence-corrected chi connectivity index (χ0v) is 21.5. The number of Topliss-reactive ketones (excluding diaryl/α,β-unsaturated/α-hetero) is 1. The number of ether oxygens (including phenoxy) is 3. The fourth-order valence-corrected chi connectivity index (χ4v) is 4.95. The van der Waals surface area contributed by atoms with Crippen molar-refractivity contribution in [3.63, 3.8) is 0 Å². The molecule has 0 bridgehead atoms. The second kappa shape index (κ2) is 10.0. The lowest BCUT2D eigenvalue weighted by Crippen LogP contribution is -2.33. The van der Waals surface area contributed by atoms with E-state index < -0.39 is 5.97 Å². The van der Waals surface area contributed by atoms with E-state index in [0.29, 0.717) is 24.3 Å². The molecule has 0 saturated heterocycles. The Labute approximate surface area is 216 Å². The number of aryl methyl sites for hydroxylation is 2. The van der Waals surface area contributed by atoms with Gasteiger partial charge < -0.3 is 23.3 Å². The lowest BCUT2D eigenvalue weighted by Gasteiger charge is -2.27. The number of ketones is 1. The van der Waals surface area contributed by atoms with Crippen molar-refractivity contribution in [1.82, 2.24) is 9.13 Å². The largest absolute Gasteiger partial charge is 0.486 e. The van der Waals surface area contributed by atoms with Crippen molar-refractivity contribution < 1.29 is 23.8 Å². The van der Waals surface area contributed by atoms with E-state index in [9.17, 15) is 9.59 Å². The Kier molecular flexibility index (Phi) is 6.61. The fourth-order valence-electron chi connectivity index (χ4n) is 4.95. The van der Waals surface area contributed by atoms with Crippen molar-refractivity contribution in [3.8, 4) is 17.2 Å². The molecular formula is C30H30N2O5. The number of carbonyl (C=O) groups excluding carboxylic acids is 2. The Morgan fingerprint density at radius 1 is 0.865 bits per heavy atom. The third kappa shape index (κ3) is 4.77.